The van der Waals surface area contributed by atoms with Crippen molar-refractivity contribution in [1.29, 1.82) is 0 Å². The molecule has 1 unspecified atom stereocenters. The van der Waals surface area contributed by atoms with Crippen LogP contribution in [0.2, 0.25) is 0 Å². The number of nitrogens with zero attached hydrogens (tertiary/aromatic N) is 1. The number of nitrogens with one attached hydrogen (secondary N) is 1. The molecule has 0 saturated carbocycles. The Hall–Kier alpha value is -1.28. The summed E-state index contributed by atoms with van der Waals surface area (Å²) in [5, 5.41) is 1.04. The van der Waals surface area contributed by atoms with Crippen LogP contribution in [-0.2, 0) is 9.47 Å². The van der Waals surface area contributed by atoms with Gasteiger partial charge in [-0.2, -0.15) is 18.6 Å². The summed E-state index contributed by atoms with van der Waals surface area (Å²) in [7, 11) is 0. The van der Waals surface area contributed by atoms with Gasteiger partial charge in [0.2, 0.25) is 0 Å². The van der Waals surface area contributed by atoms with Crippen molar-refractivity contribution in [3.8, 4) is 0 Å². The minimum absolute atomic E-state index is 0.527. The van der Waals surface area contributed by atoms with Crippen LogP contribution in [0.1, 0.15) is 34.6 Å². The minimum Gasteiger partial charge on any atom is -0.442 e. The summed E-state index contributed by atoms with van der Waals surface area (Å²) in [6, 6.07) is 0. The maximum absolute atomic E-state index is 12.7. The molecule has 122 valence electrons. The molecule has 1 aliphatic rings. The third-order valence-electron chi connectivity index (χ3n) is 2.66. The van der Waals surface area contributed by atoms with E-state index in [-0.39, 0.29) is 0 Å². The van der Waals surface area contributed by atoms with Crippen LogP contribution in [0.5, 0.6) is 0 Å². The molecule has 0 fully saturated rings. The van der Waals surface area contributed by atoms with E-state index in [1.54, 1.807) is 20.8 Å². The van der Waals surface area contributed by atoms with Gasteiger partial charge in [0.15, 0.2) is 0 Å². The topological polar surface area (TPSA) is 50.8 Å². The third kappa shape index (κ3) is 5.20. The van der Waals surface area contributed by atoms with Gasteiger partial charge in [-0.1, -0.05) is 0 Å². The van der Waals surface area contributed by atoms with E-state index in [0.29, 0.717) is 0 Å². The van der Waals surface area contributed by atoms with E-state index in [1.807, 2.05) is 0 Å². The van der Waals surface area contributed by atoms with Gasteiger partial charge in [-0.15, -0.1) is 0 Å². The van der Waals surface area contributed by atoms with Gasteiger partial charge in [0.25, 0.3) is 0 Å². The second-order valence-corrected chi connectivity index (χ2v) is 6.43. The summed E-state index contributed by atoms with van der Waals surface area (Å²) in [6.07, 6.45) is -3.02. The standard InChI is InChI=1S/C13H21F3N2O3/c1-11(2,3)21-10(19)18-7-6-9(17-18)20-8-12(4,5)13(14,15)16/h6-7,9,17H,8H2,1-5H3. The first-order valence-corrected chi connectivity index (χ1v) is 6.47. The number of carbonyl (C=O) groups excluding carboxylic acids is 1. The SMILES string of the molecule is CC(C)(C)OC(=O)N1C=CC(OCC(C)(C)C(F)(F)F)N1. The molecule has 1 aliphatic heterocycles. The van der Waals surface area contributed by atoms with Gasteiger partial charge in [0.05, 0.1) is 12.0 Å². The number of amides is 1. The molecule has 0 saturated heterocycles. The summed E-state index contributed by atoms with van der Waals surface area (Å²) >= 11 is 0. The fourth-order valence-electron chi connectivity index (χ4n) is 1.28. The van der Waals surface area contributed by atoms with Crippen molar-refractivity contribution in [2.75, 3.05) is 6.61 Å². The Morgan fingerprint density at radius 3 is 2.29 bits per heavy atom. The molecule has 1 rings (SSSR count). The lowest BCUT2D eigenvalue weighted by atomic mass is 9.94. The predicted octanol–water partition coefficient (Wildman–Crippen LogP) is 3.19. The zero-order valence-electron chi connectivity index (χ0n) is 12.7. The first-order chi connectivity index (χ1) is 9.32. The molecule has 5 nitrogen and oxygen atoms in total. The largest absolute Gasteiger partial charge is 0.442 e. The number of ether oxygens (including phenoxy) is 2. The van der Waals surface area contributed by atoms with Crippen molar-refractivity contribution >= 4 is 6.09 Å². The number of carbonyl (C=O) groups is 1. The summed E-state index contributed by atoms with van der Waals surface area (Å²) in [6.45, 7) is 6.72. The van der Waals surface area contributed by atoms with E-state index in [1.165, 1.54) is 12.3 Å². The Kier molecular flexibility index (Phi) is 4.94. The van der Waals surface area contributed by atoms with Crippen molar-refractivity contribution in [3.63, 3.8) is 0 Å². The fraction of sp³-hybridized carbons (Fsp3) is 0.769. The highest BCUT2D eigenvalue weighted by Gasteiger charge is 2.47. The van der Waals surface area contributed by atoms with Crippen molar-refractivity contribution in [1.82, 2.24) is 10.4 Å². The van der Waals surface area contributed by atoms with E-state index in [2.05, 4.69) is 5.43 Å². The summed E-state index contributed by atoms with van der Waals surface area (Å²) in [5.74, 6) is 0. The molecule has 1 N–H and O–H groups in total. The Balaban J connectivity index is 2.47. The molecule has 0 aliphatic carbocycles. The molecular formula is C13H21F3N2O3. The van der Waals surface area contributed by atoms with Crippen LogP contribution in [0.3, 0.4) is 0 Å². The monoisotopic (exact) mass is 310 g/mol. The summed E-state index contributed by atoms with van der Waals surface area (Å²) < 4.78 is 48.3. The quantitative estimate of drug-likeness (QED) is 0.870. The molecule has 1 atom stereocenters. The van der Waals surface area contributed by atoms with Gasteiger partial charge in [-0.3, -0.25) is 0 Å². The van der Waals surface area contributed by atoms with Crippen LogP contribution in [0.4, 0.5) is 18.0 Å². The molecule has 0 aromatic heterocycles. The molecule has 8 heteroatoms. The molecule has 1 amide bonds. The van der Waals surface area contributed by atoms with Crippen LogP contribution in [-0.4, -0.2) is 35.7 Å². The first kappa shape index (κ1) is 17.8. The Morgan fingerprint density at radius 2 is 1.81 bits per heavy atom. The Labute approximate surface area is 122 Å². The number of alkyl halides is 3. The smallest absolute Gasteiger partial charge is 0.429 e. The van der Waals surface area contributed by atoms with Gasteiger partial charge in [0.1, 0.15) is 11.8 Å². The molecular weight excluding hydrogens is 289 g/mol. The van der Waals surface area contributed by atoms with E-state index >= 15 is 0 Å². The molecule has 0 aromatic carbocycles. The third-order valence-corrected chi connectivity index (χ3v) is 2.66. The van der Waals surface area contributed by atoms with Crippen LogP contribution in [0.25, 0.3) is 0 Å². The lowest BCUT2D eigenvalue weighted by Crippen LogP contribution is -2.45. The first-order valence-electron chi connectivity index (χ1n) is 6.47. The number of hydrogen-bond donors (Lipinski definition) is 1. The van der Waals surface area contributed by atoms with Gasteiger partial charge < -0.3 is 9.47 Å². The maximum Gasteiger partial charge on any atom is 0.429 e. The average Bonchev–Trinajstić information content (AvgIpc) is 2.71. The molecule has 21 heavy (non-hydrogen) atoms. The van der Waals surface area contributed by atoms with Crippen molar-refractivity contribution in [2.45, 2.75) is 52.6 Å². The van der Waals surface area contributed by atoms with Gasteiger partial charge >= 0.3 is 12.3 Å². The second kappa shape index (κ2) is 5.84. The van der Waals surface area contributed by atoms with E-state index in [9.17, 15) is 18.0 Å². The highest BCUT2D eigenvalue weighted by atomic mass is 19.4. The van der Waals surface area contributed by atoms with Crippen LogP contribution >= 0.6 is 0 Å². The molecule has 0 spiro atoms. The molecule has 1 heterocycles. The zero-order chi connectivity index (χ0) is 16.5. The lowest BCUT2D eigenvalue weighted by Gasteiger charge is -2.29. The van der Waals surface area contributed by atoms with Crippen molar-refractivity contribution < 1.29 is 27.4 Å². The van der Waals surface area contributed by atoms with Crippen LogP contribution in [0, 0.1) is 5.41 Å². The van der Waals surface area contributed by atoms with Gasteiger partial charge in [-0.05, 0) is 40.7 Å². The van der Waals surface area contributed by atoms with Crippen LogP contribution < -0.4 is 5.43 Å². The highest BCUT2D eigenvalue weighted by molar-refractivity contribution is 5.69. The van der Waals surface area contributed by atoms with Gasteiger partial charge in [-0.25, -0.2) is 9.80 Å². The Morgan fingerprint density at radius 1 is 1.24 bits per heavy atom. The zero-order valence-corrected chi connectivity index (χ0v) is 12.7. The number of rotatable bonds is 3. The lowest BCUT2D eigenvalue weighted by molar-refractivity contribution is -0.230. The molecule has 0 bridgehead atoms. The van der Waals surface area contributed by atoms with Crippen LogP contribution in [0.15, 0.2) is 12.3 Å². The van der Waals surface area contributed by atoms with E-state index in [0.717, 1.165) is 18.9 Å². The van der Waals surface area contributed by atoms with E-state index < -0.39 is 36.1 Å². The summed E-state index contributed by atoms with van der Waals surface area (Å²) in [5.41, 5.74) is -0.0378. The minimum atomic E-state index is -4.36. The molecule has 0 radical (unpaired) electrons. The predicted molar refractivity (Wildman–Crippen MR) is 69.9 cm³/mol. The molecule has 0 aromatic rings. The van der Waals surface area contributed by atoms with Crippen molar-refractivity contribution in [2.24, 2.45) is 5.41 Å². The summed E-state index contributed by atoms with van der Waals surface area (Å²) in [4.78, 5) is 11.7. The number of halogens is 3. The number of hydrazine groups is 1. The average molecular weight is 310 g/mol. The normalized spacial score (nSPS) is 20.0. The highest BCUT2D eigenvalue weighted by Crippen LogP contribution is 2.37. The van der Waals surface area contributed by atoms with E-state index in [4.69, 9.17) is 9.47 Å². The number of hydrogen-bond acceptors (Lipinski definition) is 4. The second-order valence-electron chi connectivity index (χ2n) is 6.43. The van der Waals surface area contributed by atoms with Crippen molar-refractivity contribution in [3.05, 3.63) is 12.3 Å². The Bertz CT molecular complexity index is 414. The fourth-order valence-corrected chi connectivity index (χ4v) is 1.28. The maximum atomic E-state index is 12.7. The van der Waals surface area contributed by atoms with Gasteiger partial charge in [0, 0.05) is 6.20 Å².